The highest BCUT2D eigenvalue weighted by molar-refractivity contribution is 7.98. The van der Waals surface area contributed by atoms with E-state index in [1.807, 2.05) is 18.5 Å². The smallest absolute Gasteiger partial charge is 0.141 e. The molecule has 0 radical (unpaired) electrons. The third-order valence-electron chi connectivity index (χ3n) is 2.95. The van der Waals surface area contributed by atoms with Gasteiger partial charge in [0, 0.05) is 12.1 Å². The van der Waals surface area contributed by atoms with E-state index in [0.717, 1.165) is 35.1 Å². The highest BCUT2D eigenvalue weighted by atomic mass is 35.5. The second-order valence-electron chi connectivity index (χ2n) is 3.93. The molecule has 0 amide bonds. The zero-order chi connectivity index (χ0) is 12.5. The standard InChI is InChI=1S/C12H11ClN4S/c1-18-10-3-2-8(6-14-10)17-5-4-9-11(13)15-7-16-12(9)17/h2-3,6-7H,4-5H2,1H3. The predicted octanol–water partition coefficient (Wildman–Crippen LogP) is 2.94. The summed E-state index contributed by atoms with van der Waals surface area (Å²) < 4.78 is 0. The van der Waals surface area contributed by atoms with Gasteiger partial charge in [0.25, 0.3) is 0 Å². The Morgan fingerprint density at radius 1 is 1.28 bits per heavy atom. The van der Waals surface area contributed by atoms with Gasteiger partial charge in [-0.3, -0.25) is 0 Å². The van der Waals surface area contributed by atoms with E-state index in [2.05, 4.69) is 25.9 Å². The van der Waals surface area contributed by atoms with Crippen LogP contribution in [0.2, 0.25) is 5.15 Å². The molecule has 0 N–H and O–H groups in total. The fourth-order valence-electron chi connectivity index (χ4n) is 2.06. The summed E-state index contributed by atoms with van der Waals surface area (Å²) in [6, 6.07) is 4.07. The average molecular weight is 279 g/mol. The van der Waals surface area contributed by atoms with E-state index >= 15 is 0 Å². The lowest BCUT2D eigenvalue weighted by Crippen LogP contribution is -2.14. The maximum Gasteiger partial charge on any atom is 0.141 e. The summed E-state index contributed by atoms with van der Waals surface area (Å²) in [5, 5.41) is 1.56. The molecule has 2 aromatic rings. The first-order valence-corrected chi connectivity index (χ1v) is 7.17. The minimum Gasteiger partial charge on any atom is -0.324 e. The van der Waals surface area contributed by atoms with Crippen LogP contribution in [0.3, 0.4) is 0 Å². The Kier molecular flexibility index (Phi) is 3.09. The lowest BCUT2D eigenvalue weighted by molar-refractivity contribution is 0.976. The van der Waals surface area contributed by atoms with Gasteiger partial charge >= 0.3 is 0 Å². The van der Waals surface area contributed by atoms with E-state index in [1.54, 1.807) is 11.8 Å². The number of hydrogen-bond acceptors (Lipinski definition) is 5. The van der Waals surface area contributed by atoms with Gasteiger partial charge < -0.3 is 4.90 Å². The van der Waals surface area contributed by atoms with Gasteiger partial charge in [-0.1, -0.05) is 11.6 Å². The normalized spacial score (nSPS) is 13.8. The molecule has 0 bridgehead atoms. The highest BCUT2D eigenvalue weighted by Gasteiger charge is 2.24. The summed E-state index contributed by atoms with van der Waals surface area (Å²) in [7, 11) is 0. The molecule has 0 saturated carbocycles. The second kappa shape index (κ2) is 4.74. The van der Waals surface area contributed by atoms with Gasteiger partial charge in [0.05, 0.1) is 16.9 Å². The third kappa shape index (κ3) is 1.93. The van der Waals surface area contributed by atoms with Crippen LogP contribution >= 0.6 is 23.4 Å². The number of halogens is 1. The zero-order valence-electron chi connectivity index (χ0n) is 9.80. The fraction of sp³-hybridized carbons (Fsp3) is 0.250. The number of fused-ring (bicyclic) bond motifs is 1. The molecule has 2 aromatic heterocycles. The van der Waals surface area contributed by atoms with Crippen LogP contribution in [-0.2, 0) is 6.42 Å². The molecule has 0 unspecified atom stereocenters. The number of aromatic nitrogens is 3. The summed E-state index contributed by atoms with van der Waals surface area (Å²) in [5.41, 5.74) is 2.06. The average Bonchev–Trinajstić information content (AvgIpc) is 2.84. The molecule has 4 nitrogen and oxygen atoms in total. The van der Waals surface area contributed by atoms with Crippen molar-refractivity contribution >= 4 is 34.9 Å². The largest absolute Gasteiger partial charge is 0.324 e. The Labute approximate surface area is 114 Å². The molecular formula is C12H11ClN4S. The minimum absolute atomic E-state index is 0.552. The summed E-state index contributed by atoms with van der Waals surface area (Å²) >= 11 is 7.71. The van der Waals surface area contributed by atoms with Gasteiger partial charge in [-0.05, 0) is 24.8 Å². The van der Waals surface area contributed by atoms with Gasteiger partial charge in [-0.15, -0.1) is 11.8 Å². The van der Waals surface area contributed by atoms with Crippen molar-refractivity contribution in [2.45, 2.75) is 11.4 Å². The van der Waals surface area contributed by atoms with Gasteiger partial charge in [0.1, 0.15) is 17.3 Å². The molecule has 0 saturated heterocycles. The summed E-state index contributed by atoms with van der Waals surface area (Å²) in [6.07, 6.45) is 6.26. The predicted molar refractivity (Wildman–Crippen MR) is 73.8 cm³/mol. The Morgan fingerprint density at radius 2 is 2.17 bits per heavy atom. The van der Waals surface area contributed by atoms with Crippen molar-refractivity contribution in [2.24, 2.45) is 0 Å². The van der Waals surface area contributed by atoms with Gasteiger partial charge in [-0.2, -0.15) is 0 Å². The van der Waals surface area contributed by atoms with Crippen LogP contribution in [0.25, 0.3) is 0 Å². The van der Waals surface area contributed by atoms with Crippen molar-refractivity contribution < 1.29 is 0 Å². The lowest BCUT2D eigenvalue weighted by Gasteiger charge is -2.17. The molecule has 1 aliphatic heterocycles. The maximum absolute atomic E-state index is 6.07. The Balaban J connectivity index is 1.98. The van der Waals surface area contributed by atoms with Crippen molar-refractivity contribution in [3.63, 3.8) is 0 Å². The molecule has 3 heterocycles. The van der Waals surface area contributed by atoms with Crippen LogP contribution in [0.5, 0.6) is 0 Å². The molecular weight excluding hydrogens is 268 g/mol. The summed E-state index contributed by atoms with van der Waals surface area (Å²) in [5.74, 6) is 0.897. The molecule has 0 aliphatic carbocycles. The molecule has 18 heavy (non-hydrogen) atoms. The van der Waals surface area contributed by atoms with E-state index < -0.39 is 0 Å². The first-order valence-electron chi connectivity index (χ1n) is 5.56. The first kappa shape index (κ1) is 11.7. The van der Waals surface area contributed by atoms with Crippen LogP contribution in [0.1, 0.15) is 5.56 Å². The molecule has 1 aliphatic rings. The van der Waals surface area contributed by atoms with Crippen LogP contribution in [0.15, 0.2) is 29.7 Å². The fourth-order valence-corrected chi connectivity index (χ4v) is 2.65. The number of pyridine rings is 1. The Morgan fingerprint density at radius 3 is 2.89 bits per heavy atom. The molecule has 0 spiro atoms. The van der Waals surface area contributed by atoms with Crippen LogP contribution < -0.4 is 4.90 Å². The molecule has 3 rings (SSSR count). The maximum atomic E-state index is 6.07. The molecule has 0 aromatic carbocycles. The highest BCUT2D eigenvalue weighted by Crippen LogP contribution is 2.35. The van der Waals surface area contributed by atoms with Crippen LogP contribution in [-0.4, -0.2) is 27.8 Å². The van der Waals surface area contributed by atoms with Gasteiger partial charge in [-0.25, -0.2) is 15.0 Å². The zero-order valence-corrected chi connectivity index (χ0v) is 11.4. The van der Waals surface area contributed by atoms with Crippen molar-refractivity contribution in [1.29, 1.82) is 0 Å². The third-order valence-corrected chi connectivity index (χ3v) is 3.94. The molecule has 0 fully saturated rings. The number of nitrogens with zero attached hydrogens (tertiary/aromatic N) is 4. The van der Waals surface area contributed by atoms with E-state index in [0.29, 0.717) is 5.15 Å². The number of anilines is 2. The minimum atomic E-state index is 0.552. The van der Waals surface area contributed by atoms with Gasteiger partial charge in [0.2, 0.25) is 0 Å². The van der Waals surface area contributed by atoms with E-state index in [1.165, 1.54) is 6.33 Å². The van der Waals surface area contributed by atoms with E-state index in [4.69, 9.17) is 11.6 Å². The number of thioether (sulfide) groups is 1. The van der Waals surface area contributed by atoms with E-state index in [-0.39, 0.29) is 0 Å². The van der Waals surface area contributed by atoms with Crippen LogP contribution in [0, 0.1) is 0 Å². The quantitative estimate of drug-likeness (QED) is 0.624. The second-order valence-corrected chi connectivity index (χ2v) is 5.11. The van der Waals surface area contributed by atoms with Crippen LogP contribution in [0.4, 0.5) is 11.5 Å². The SMILES string of the molecule is CSc1ccc(N2CCc3c(Cl)ncnc32)cn1. The number of rotatable bonds is 2. The Bertz CT molecular complexity index is 573. The van der Waals surface area contributed by atoms with E-state index in [9.17, 15) is 0 Å². The molecule has 92 valence electrons. The van der Waals surface area contributed by atoms with Crippen molar-refractivity contribution in [3.8, 4) is 0 Å². The Hall–Kier alpha value is -1.33. The summed E-state index contributed by atoms with van der Waals surface area (Å²) in [6.45, 7) is 0.869. The first-order chi connectivity index (χ1) is 8.79. The van der Waals surface area contributed by atoms with Crippen molar-refractivity contribution in [1.82, 2.24) is 15.0 Å². The summed E-state index contributed by atoms with van der Waals surface area (Å²) in [4.78, 5) is 14.8. The van der Waals surface area contributed by atoms with Gasteiger partial charge in [0.15, 0.2) is 0 Å². The monoisotopic (exact) mass is 278 g/mol. The lowest BCUT2D eigenvalue weighted by atomic mass is 10.3. The van der Waals surface area contributed by atoms with Crippen molar-refractivity contribution in [2.75, 3.05) is 17.7 Å². The molecule has 0 atom stereocenters. The van der Waals surface area contributed by atoms with Crippen molar-refractivity contribution in [3.05, 3.63) is 35.4 Å². The molecule has 6 heteroatoms. The number of hydrogen-bond donors (Lipinski definition) is 0. The topological polar surface area (TPSA) is 41.9 Å².